The van der Waals surface area contributed by atoms with Gasteiger partial charge in [0.1, 0.15) is 5.78 Å². The number of ketones is 1. The van der Waals surface area contributed by atoms with Crippen LogP contribution in [0.5, 0.6) is 0 Å². The summed E-state index contributed by atoms with van der Waals surface area (Å²) in [7, 11) is 0. The molecule has 0 heterocycles. The first-order chi connectivity index (χ1) is 7.84. The summed E-state index contributed by atoms with van der Waals surface area (Å²) in [5, 5.41) is 2.59. The van der Waals surface area contributed by atoms with E-state index in [9.17, 15) is 4.79 Å². The topological polar surface area (TPSA) is 17.1 Å². The van der Waals surface area contributed by atoms with E-state index >= 15 is 0 Å². The molecule has 0 radical (unpaired) electrons. The molecule has 0 unspecified atom stereocenters. The Morgan fingerprint density at radius 2 is 1.81 bits per heavy atom. The summed E-state index contributed by atoms with van der Waals surface area (Å²) in [6.07, 6.45) is 2.51. The quantitative estimate of drug-likeness (QED) is 0.701. The smallest absolute Gasteiger partial charge is 0.133 e. The highest BCUT2D eigenvalue weighted by Crippen LogP contribution is 2.35. The summed E-state index contributed by atoms with van der Waals surface area (Å²) >= 11 is 0. The van der Waals surface area contributed by atoms with Gasteiger partial charge < -0.3 is 0 Å². The summed E-state index contributed by atoms with van der Waals surface area (Å²) in [4.78, 5) is 11.4. The molecule has 1 saturated carbocycles. The molecule has 80 valence electrons. The predicted octanol–water partition coefficient (Wildman–Crippen LogP) is 3.68. The lowest BCUT2D eigenvalue weighted by molar-refractivity contribution is -0.117. The van der Waals surface area contributed by atoms with E-state index in [4.69, 9.17) is 0 Å². The fourth-order valence-corrected chi connectivity index (χ4v) is 2.69. The van der Waals surface area contributed by atoms with Crippen molar-refractivity contribution in [3.63, 3.8) is 0 Å². The Morgan fingerprint density at radius 3 is 2.62 bits per heavy atom. The van der Waals surface area contributed by atoms with E-state index in [0.717, 1.165) is 19.3 Å². The molecule has 0 aromatic heterocycles. The van der Waals surface area contributed by atoms with E-state index in [0.29, 0.717) is 11.7 Å². The van der Waals surface area contributed by atoms with Crippen LogP contribution < -0.4 is 0 Å². The van der Waals surface area contributed by atoms with Gasteiger partial charge in [0, 0.05) is 12.8 Å². The van der Waals surface area contributed by atoms with Gasteiger partial charge in [-0.3, -0.25) is 4.79 Å². The fraction of sp³-hybridized carbons (Fsp3) is 0.267. The summed E-state index contributed by atoms with van der Waals surface area (Å²) in [6, 6.07) is 14.8. The van der Waals surface area contributed by atoms with Crippen LogP contribution in [-0.2, 0) is 4.79 Å². The van der Waals surface area contributed by atoms with E-state index in [2.05, 4.69) is 42.5 Å². The molecule has 2 aromatic carbocycles. The molecule has 1 aliphatic rings. The maximum Gasteiger partial charge on any atom is 0.133 e. The van der Waals surface area contributed by atoms with E-state index < -0.39 is 0 Å². The molecular weight excluding hydrogens is 196 g/mol. The first-order valence-electron chi connectivity index (χ1n) is 5.84. The minimum absolute atomic E-state index is 0.415. The van der Waals surface area contributed by atoms with Crippen LogP contribution in [0, 0.1) is 0 Å². The molecule has 0 N–H and O–H groups in total. The van der Waals surface area contributed by atoms with Crippen molar-refractivity contribution in [1.82, 2.24) is 0 Å². The van der Waals surface area contributed by atoms with Gasteiger partial charge in [0.15, 0.2) is 0 Å². The van der Waals surface area contributed by atoms with Gasteiger partial charge in [-0.05, 0) is 28.7 Å². The Balaban J connectivity index is 2.13. The van der Waals surface area contributed by atoms with Crippen molar-refractivity contribution in [3.05, 3.63) is 48.0 Å². The number of hydrogen-bond donors (Lipinski definition) is 0. The summed E-state index contributed by atoms with van der Waals surface area (Å²) in [5.41, 5.74) is 1.35. The molecule has 0 saturated heterocycles. The van der Waals surface area contributed by atoms with Crippen molar-refractivity contribution >= 4 is 16.6 Å². The Kier molecular flexibility index (Phi) is 2.24. The lowest BCUT2D eigenvalue weighted by atomic mass is 9.92. The number of carbonyl (C=O) groups is 1. The van der Waals surface area contributed by atoms with Gasteiger partial charge in [0.05, 0.1) is 0 Å². The SMILES string of the molecule is O=C1CC[C@H](c2cccc3ccccc23)C1. The first kappa shape index (κ1) is 9.59. The minimum Gasteiger partial charge on any atom is -0.300 e. The number of fused-ring (bicyclic) bond motifs is 1. The molecular formula is C15H14O. The second-order valence-corrected chi connectivity index (χ2v) is 4.55. The van der Waals surface area contributed by atoms with Crippen LogP contribution in [0.2, 0.25) is 0 Å². The number of hydrogen-bond acceptors (Lipinski definition) is 1. The molecule has 2 aromatic rings. The minimum atomic E-state index is 0.415. The molecule has 0 bridgehead atoms. The van der Waals surface area contributed by atoms with Crippen LogP contribution >= 0.6 is 0 Å². The second kappa shape index (κ2) is 3.75. The molecule has 1 aliphatic carbocycles. The standard InChI is InChI=1S/C15H14O/c16-13-9-8-12(10-13)15-7-3-5-11-4-1-2-6-14(11)15/h1-7,12H,8-10H2/t12-/m0/s1. The highest BCUT2D eigenvalue weighted by atomic mass is 16.1. The zero-order chi connectivity index (χ0) is 11.0. The van der Waals surface area contributed by atoms with Gasteiger partial charge in [0.25, 0.3) is 0 Å². The van der Waals surface area contributed by atoms with Gasteiger partial charge in [-0.25, -0.2) is 0 Å². The van der Waals surface area contributed by atoms with Crippen LogP contribution in [0.25, 0.3) is 10.8 Å². The van der Waals surface area contributed by atoms with Crippen LogP contribution in [0.4, 0.5) is 0 Å². The van der Waals surface area contributed by atoms with Gasteiger partial charge in [0.2, 0.25) is 0 Å². The van der Waals surface area contributed by atoms with Crippen molar-refractivity contribution in [1.29, 1.82) is 0 Å². The molecule has 0 aliphatic heterocycles. The van der Waals surface area contributed by atoms with Crippen molar-refractivity contribution in [2.45, 2.75) is 25.2 Å². The molecule has 1 heteroatoms. The second-order valence-electron chi connectivity index (χ2n) is 4.55. The highest BCUT2D eigenvalue weighted by Gasteiger charge is 2.24. The maximum atomic E-state index is 11.4. The van der Waals surface area contributed by atoms with Crippen molar-refractivity contribution in [2.75, 3.05) is 0 Å². The Labute approximate surface area is 95.1 Å². The zero-order valence-corrected chi connectivity index (χ0v) is 9.15. The summed E-state index contributed by atoms with van der Waals surface area (Å²) in [6.45, 7) is 0. The Hall–Kier alpha value is -1.63. The largest absolute Gasteiger partial charge is 0.300 e. The van der Waals surface area contributed by atoms with Gasteiger partial charge in [-0.1, -0.05) is 42.5 Å². The van der Waals surface area contributed by atoms with Gasteiger partial charge >= 0.3 is 0 Å². The lowest BCUT2D eigenvalue weighted by Gasteiger charge is -2.11. The Morgan fingerprint density at radius 1 is 1.00 bits per heavy atom. The van der Waals surface area contributed by atoms with Crippen LogP contribution in [-0.4, -0.2) is 5.78 Å². The van der Waals surface area contributed by atoms with Gasteiger partial charge in [-0.2, -0.15) is 0 Å². The normalized spacial score (nSPS) is 20.5. The van der Waals surface area contributed by atoms with E-state index in [1.165, 1.54) is 16.3 Å². The molecule has 1 atom stereocenters. The van der Waals surface area contributed by atoms with Crippen LogP contribution in [0.3, 0.4) is 0 Å². The van der Waals surface area contributed by atoms with Crippen LogP contribution in [0.1, 0.15) is 30.7 Å². The molecule has 0 spiro atoms. The average molecular weight is 210 g/mol. The zero-order valence-electron chi connectivity index (χ0n) is 9.15. The monoisotopic (exact) mass is 210 g/mol. The van der Waals surface area contributed by atoms with E-state index in [1.54, 1.807) is 0 Å². The molecule has 1 nitrogen and oxygen atoms in total. The van der Waals surface area contributed by atoms with E-state index in [1.807, 2.05) is 0 Å². The summed E-state index contributed by atoms with van der Waals surface area (Å²) in [5.74, 6) is 0.858. The van der Waals surface area contributed by atoms with Crippen molar-refractivity contribution in [3.8, 4) is 0 Å². The number of Topliss-reactive ketones (excluding diaryl/α,β-unsaturated/α-hetero) is 1. The van der Waals surface area contributed by atoms with Gasteiger partial charge in [-0.15, -0.1) is 0 Å². The number of carbonyl (C=O) groups excluding carboxylic acids is 1. The fourth-order valence-electron chi connectivity index (χ4n) is 2.69. The third-order valence-corrected chi connectivity index (χ3v) is 3.51. The highest BCUT2D eigenvalue weighted by molar-refractivity contribution is 5.88. The van der Waals surface area contributed by atoms with Crippen molar-refractivity contribution in [2.24, 2.45) is 0 Å². The van der Waals surface area contributed by atoms with Crippen molar-refractivity contribution < 1.29 is 4.79 Å². The number of rotatable bonds is 1. The van der Waals surface area contributed by atoms with E-state index in [-0.39, 0.29) is 0 Å². The van der Waals surface area contributed by atoms with Crippen LogP contribution in [0.15, 0.2) is 42.5 Å². The first-order valence-corrected chi connectivity index (χ1v) is 5.84. The third-order valence-electron chi connectivity index (χ3n) is 3.51. The molecule has 1 fully saturated rings. The summed E-state index contributed by atoms with van der Waals surface area (Å²) < 4.78 is 0. The average Bonchev–Trinajstić information content (AvgIpc) is 2.75. The number of benzene rings is 2. The molecule has 3 rings (SSSR count). The Bertz CT molecular complexity index is 537. The third kappa shape index (κ3) is 1.53. The maximum absolute atomic E-state index is 11.4. The molecule has 0 amide bonds. The predicted molar refractivity (Wildman–Crippen MR) is 65.5 cm³/mol. The lowest BCUT2D eigenvalue weighted by Crippen LogP contribution is -1.95. The molecule has 16 heavy (non-hydrogen) atoms.